The van der Waals surface area contributed by atoms with E-state index in [9.17, 15) is 22.8 Å². The number of hydrogen-bond donors (Lipinski definition) is 2. The van der Waals surface area contributed by atoms with Gasteiger partial charge in [-0.2, -0.15) is 13.2 Å². The molecule has 0 aliphatic rings. The van der Waals surface area contributed by atoms with Gasteiger partial charge in [0.25, 0.3) is 5.91 Å². The van der Waals surface area contributed by atoms with E-state index in [1.54, 1.807) is 0 Å². The van der Waals surface area contributed by atoms with E-state index in [1.807, 2.05) is 32.0 Å². The summed E-state index contributed by atoms with van der Waals surface area (Å²) in [6.45, 7) is 3.59. The standard InChI is InChI=1S/C27H22Cl2F3N5O2S/c1-15-6-7-16(2)22(10-15)34-24(38)14-40-26-36-35-23(13-33-25(39)20-9-8-18(28)12-21(20)29)37(26)19-5-3-4-17(11-19)27(30,31)32/h3-12H,13-14H2,1-2H3,(H,33,39)(H,34,38). The number of benzene rings is 3. The molecule has 40 heavy (non-hydrogen) atoms. The summed E-state index contributed by atoms with van der Waals surface area (Å²) >= 11 is 13.0. The molecule has 1 aromatic heterocycles. The fourth-order valence-electron chi connectivity index (χ4n) is 3.70. The maximum atomic E-state index is 13.5. The summed E-state index contributed by atoms with van der Waals surface area (Å²) < 4.78 is 41.8. The molecule has 0 aliphatic carbocycles. The van der Waals surface area contributed by atoms with Crippen LogP contribution in [-0.2, 0) is 17.5 Å². The number of hydrogen-bond acceptors (Lipinski definition) is 5. The summed E-state index contributed by atoms with van der Waals surface area (Å²) in [7, 11) is 0. The van der Waals surface area contributed by atoms with Crippen molar-refractivity contribution in [1.29, 1.82) is 0 Å². The van der Waals surface area contributed by atoms with Gasteiger partial charge < -0.3 is 10.6 Å². The number of alkyl halides is 3. The van der Waals surface area contributed by atoms with E-state index in [-0.39, 0.29) is 45.5 Å². The van der Waals surface area contributed by atoms with Crippen LogP contribution in [0.5, 0.6) is 0 Å². The molecule has 0 saturated carbocycles. The first-order valence-electron chi connectivity index (χ1n) is 11.8. The Hall–Kier alpha value is -3.54. The topological polar surface area (TPSA) is 88.9 Å². The summed E-state index contributed by atoms with van der Waals surface area (Å²) in [5.74, 6) is -0.806. The predicted octanol–water partition coefficient (Wildman–Crippen LogP) is 6.87. The van der Waals surface area contributed by atoms with Gasteiger partial charge in [0, 0.05) is 10.7 Å². The number of aryl methyl sites for hydroxylation is 2. The monoisotopic (exact) mass is 607 g/mol. The molecule has 0 spiro atoms. The summed E-state index contributed by atoms with van der Waals surface area (Å²) in [6, 6.07) is 14.7. The average Bonchev–Trinajstić information content (AvgIpc) is 3.30. The quantitative estimate of drug-likeness (QED) is 0.213. The largest absolute Gasteiger partial charge is 0.416 e. The van der Waals surface area contributed by atoms with Gasteiger partial charge in [0.15, 0.2) is 11.0 Å². The van der Waals surface area contributed by atoms with E-state index in [4.69, 9.17) is 23.2 Å². The van der Waals surface area contributed by atoms with Crippen LogP contribution >= 0.6 is 35.0 Å². The molecule has 0 radical (unpaired) electrons. The van der Waals surface area contributed by atoms with Gasteiger partial charge in [-0.05, 0) is 67.4 Å². The Morgan fingerprint density at radius 2 is 1.77 bits per heavy atom. The van der Waals surface area contributed by atoms with Gasteiger partial charge in [-0.3, -0.25) is 14.2 Å². The molecule has 4 aromatic rings. The third kappa shape index (κ3) is 7.15. The second kappa shape index (κ2) is 12.3. The lowest BCUT2D eigenvalue weighted by atomic mass is 10.1. The van der Waals surface area contributed by atoms with Crippen LogP contribution < -0.4 is 10.6 Å². The zero-order valence-corrected chi connectivity index (χ0v) is 23.5. The van der Waals surface area contributed by atoms with Crippen molar-refractivity contribution in [2.45, 2.75) is 31.7 Å². The lowest BCUT2D eigenvalue weighted by Crippen LogP contribution is -2.25. The van der Waals surface area contributed by atoms with E-state index < -0.39 is 17.6 Å². The number of rotatable bonds is 8. The number of nitrogens with one attached hydrogen (secondary N) is 2. The fraction of sp³-hybridized carbons (Fsp3) is 0.185. The second-order valence-electron chi connectivity index (χ2n) is 8.74. The molecule has 4 rings (SSSR count). The lowest BCUT2D eigenvalue weighted by Gasteiger charge is -2.14. The third-order valence-electron chi connectivity index (χ3n) is 5.71. The molecule has 0 aliphatic heterocycles. The first kappa shape index (κ1) is 29.4. The van der Waals surface area contributed by atoms with Crippen LogP contribution in [0.15, 0.2) is 65.8 Å². The molecule has 0 saturated heterocycles. The van der Waals surface area contributed by atoms with Gasteiger partial charge in [-0.25, -0.2) is 0 Å². The molecular weight excluding hydrogens is 586 g/mol. The van der Waals surface area contributed by atoms with Gasteiger partial charge in [0.2, 0.25) is 5.91 Å². The maximum absolute atomic E-state index is 13.5. The molecule has 2 amide bonds. The van der Waals surface area contributed by atoms with Crippen LogP contribution in [0, 0.1) is 13.8 Å². The summed E-state index contributed by atoms with van der Waals surface area (Å²) in [4.78, 5) is 25.4. The first-order valence-corrected chi connectivity index (χ1v) is 13.5. The van der Waals surface area contributed by atoms with Gasteiger partial charge in [0.1, 0.15) is 0 Å². The number of amides is 2. The number of aromatic nitrogens is 3. The van der Waals surface area contributed by atoms with Crippen LogP contribution in [0.2, 0.25) is 10.0 Å². The molecule has 0 atom stereocenters. The zero-order valence-electron chi connectivity index (χ0n) is 21.1. The van der Waals surface area contributed by atoms with Crippen LogP contribution in [0.4, 0.5) is 18.9 Å². The third-order valence-corrected chi connectivity index (χ3v) is 7.19. The minimum atomic E-state index is -4.58. The van der Waals surface area contributed by atoms with Gasteiger partial charge in [-0.1, -0.05) is 53.2 Å². The molecule has 1 heterocycles. The Bertz CT molecular complexity index is 1580. The van der Waals surface area contributed by atoms with Crippen LogP contribution in [0.3, 0.4) is 0 Å². The van der Waals surface area contributed by atoms with E-state index in [1.165, 1.54) is 34.9 Å². The summed E-state index contributed by atoms with van der Waals surface area (Å²) in [5, 5.41) is 14.3. The number of carbonyl (C=O) groups excluding carboxylic acids is 2. The van der Waals surface area contributed by atoms with E-state index in [0.717, 1.165) is 35.0 Å². The normalized spacial score (nSPS) is 11.4. The SMILES string of the molecule is Cc1ccc(C)c(NC(=O)CSc2nnc(CNC(=O)c3ccc(Cl)cc3Cl)n2-c2cccc(C(F)(F)F)c2)c1. The van der Waals surface area contributed by atoms with Gasteiger partial charge >= 0.3 is 6.18 Å². The van der Waals surface area contributed by atoms with E-state index in [0.29, 0.717) is 10.7 Å². The van der Waals surface area contributed by atoms with Crippen molar-refractivity contribution in [2.75, 3.05) is 11.1 Å². The van der Waals surface area contributed by atoms with Crippen LogP contribution in [0.25, 0.3) is 5.69 Å². The Kier molecular flexibility index (Phi) is 9.07. The predicted molar refractivity (Wildman–Crippen MR) is 149 cm³/mol. The Labute approximate surface area is 242 Å². The number of carbonyl (C=O) groups is 2. The molecule has 2 N–H and O–H groups in total. The first-order chi connectivity index (χ1) is 18.9. The van der Waals surface area contributed by atoms with Crippen molar-refractivity contribution in [3.05, 3.63) is 98.8 Å². The van der Waals surface area contributed by atoms with Crippen molar-refractivity contribution in [1.82, 2.24) is 20.1 Å². The minimum absolute atomic E-state index is 0.0861. The second-order valence-corrected chi connectivity index (χ2v) is 10.5. The molecule has 7 nitrogen and oxygen atoms in total. The highest BCUT2D eigenvalue weighted by Gasteiger charge is 2.31. The van der Waals surface area contributed by atoms with Crippen molar-refractivity contribution in [2.24, 2.45) is 0 Å². The molecule has 13 heteroatoms. The molecular formula is C27H22Cl2F3N5O2S. The Balaban J connectivity index is 1.59. The number of halogens is 5. The highest BCUT2D eigenvalue weighted by Crippen LogP contribution is 2.32. The minimum Gasteiger partial charge on any atom is -0.345 e. The molecule has 0 fully saturated rings. The number of thioether (sulfide) groups is 1. The summed E-state index contributed by atoms with van der Waals surface area (Å²) in [5.41, 5.74) is 1.93. The summed E-state index contributed by atoms with van der Waals surface area (Å²) in [6.07, 6.45) is -4.58. The molecule has 0 unspecified atom stereocenters. The molecule has 208 valence electrons. The zero-order chi connectivity index (χ0) is 29.0. The van der Waals surface area contributed by atoms with Crippen molar-refractivity contribution in [3.63, 3.8) is 0 Å². The van der Waals surface area contributed by atoms with Crippen molar-refractivity contribution >= 4 is 52.5 Å². The van der Waals surface area contributed by atoms with Gasteiger partial charge in [-0.15, -0.1) is 10.2 Å². The van der Waals surface area contributed by atoms with Crippen molar-refractivity contribution in [3.8, 4) is 5.69 Å². The van der Waals surface area contributed by atoms with Crippen molar-refractivity contribution < 1.29 is 22.8 Å². The van der Waals surface area contributed by atoms with E-state index in [2.05, 4.69) is 20.8 Å². The lowest BCUT2D eigenvalue weighted by molar-refractivity contribution is -0.137. The number of nitrogens with zero attached hydrogens (tertiary/aromatic N) is 3. The highest BCUT2D eigenvalue weighted by molar-refractivity contribution is 7.99. The van der Waals surface area contributed by atoms with E-state index >= 15 is 0 Å². The highest BCUT2D eigenvalue weighted by atomic mass is 35.5. The molecule has 3 aromatic carbocycles. The Morgan fingerprint density at radius 3 is 2.50 bits per heavy atom. The smallest absolute Gasteiger partial charge is 0.345 e. The van der Waals surface area contributed by atoms with Crippen LogP contribution in [0.1, 0.15) is 32.9 Å². The van der Waals surface area contributed by atoms with Crippen LogP contribution in [-0.4, -0.2) is 32.3 Å². The Morgan fingerprint density at radius 1 is 1.00 bits per heavy atom. The molecule has 0 bridgehead atoms. The van der Waals surface area contributed by atoms with Gasteiger partial charge in [0.05, 0.1) is 34.1 Å². The fourth-order valence-corrected chi connectivity index (χ4v) is 4.97. The number of anilines is 1. The average molecular weight is 608 g/mol. The maximum Gasteiger partial charge on any atom is 0.416 e.